The van der Waals surface area contributed by atoms with E-state index in [1.165, 1.54) is 0 Å². The lowest BCUT2D eigenvalue weighted by molar-refractivity contribution is 0.146. The first-order valence-electron chi connectivity index (χ1n) is 2.80. The number of hydrogen-bond acceptors (Lipinski definition) is 2. The van der Waals surface area contributed by atoms with Crippen LogP contribution in [-0.4, -0.2) is 19.8 Å². The molecule has 0 aliphatic rings. The summed E-state index contributed by atoms with van der Waals surface area (Å²) in [6.07, 6.45) is 2.75. The molecular formula is C6H13NO. The average molecular weight is 115 g/mol. The maximum Gasteiger partial charge on any atom is 0.0588 e. The van der Waals surface area contributed by atoms with Crippen molar-refractivity contribution < 1.29 is 4.74 Å². The molecule has 0 aliphatic heterocycles. The SMILES string of the molecule is C=CCCOCCN. The van der Waals surface area contributed by atoms with Crippen LogP contribution in [0.4, 0.5) is 0 Å². The predicted octanol–water partition coefficient (Wildman–Crippen LogP) is 0.538. The summed E-state index contributed by atoms with van der Waals surface area (Å²) in [5.74, 6) is 0. The molecule has 48 valence electrons. The Labute approximate surface area is 50.3 Å². The Balaban J connectivity index is 2.62. The monoisotopic (exact) mass is 115 g/mol. The van der Waals surface area contributed by atoms with Gasteiger partial charge in [-0.15, -0.1) is 6.58 Å². The molecular weight excluding hydrogens is 102 g/mol. The van der Waals surface area contributed by atoms with Crippen molar-refractivity contribution in [1.29, 1.82) is 0 Å². The number of rotatable bonds is 5. The molecule has 2 N–H and O–H groups in total. The van der Waals surface area contributed by atoms with Crippen LogP contribution in [0.5, 0.6) is 0 Å². The van der Waals surface area contributed by atoms with Gasteiger partial charge in [0.05, 0.1) is 13.2 Å². The number of ether oxygens (including phenoxy) is 1. The highest BCUT2D eigenvalue weighted by Gasteiger charge is 1.79. The Morgan fingerprint density at radius 3 is 2.75 bits per heavy atom. The molecule has 0 unspecified atom stereocenters. The molecule has 0 aromatic carbocycles. The van der Waals surface area contributed by atoms with E-state index >= 15 is 0 Å². The number of hydrogen-bond donors (Lipinski definition) is 1. The minimum atomic E-state index is 0.608. The van der Waals surface area contributed by atoms with Crippen molar-refractivity contribution in [2.24, 2.45) is 5.73 Å². The van der Waals surface area contributed by atoms with Crippen LogP contribution in [0.3, 0.4) is 0 Å². The molecule has 0 radical (unpaired) electrons. The molecule has 0 heterocycles. The molecule has 0 bridgehead atoms. The molecule has 0 aromatic rings. The van der Waals surface area contributed by atoms with Gasteiger partial charge < -0.3 is 10.5 Å². The predicted molar refractivity (Wildman–Crippen MR) is 34.7 cm³/mol. The van der Waals surface area contributed by atoms with Crippen LogP contribution < -0.4 is 5.73 Å². The van der Waals surface area contributed by atoms with Gasteiger partial charge in [0.25, 0.3) is 0 Å². The summed E-state index contributed by atoms with van der Waals surface area (Å²) in [5, 5.41) is 0. The van der Waals surface area contributed by atoms with Crippen LogP contribution in [0.15, 0.2) is 12.7 Å². The van der Waals surface area contributed by atoms with E-state index < -0.39 is 0 Å². The van der Waals surface area contributed by atoms with E-state index in [-0.39, 0.29) is 0 Å². The summed E-state index contributed by atoms with van der Waals surface area (Å²) in [7, 11) is 0. The highest BCUT2D eigenvalue weighted by Crippen LogP contribution is 1.80. The van der Waals surface area contributed by atoms with Crippen molar-refractivity contribution in [2.45, 2.75) is 6.42 Å². The van der Waals surface area contributed by atoms with Crippen molar-refractivity contribution in [3.05, 3.63) is 12.7 Å². The van der Waals surface area contributed by atoms with Crippen molar-refractivity contribution in [2.75, 3.05) is 19.8 Å². The molecule has 0 atom stereocenters. The van der Waals surface area contributed by atoms with Crippen LogP contribution in [0, 0.1) is 0 Å². The quantitative estimate of drug-likeness (QED) is 0.419. The van der Waals surface area contributed by atoms with Gasteiger partial charge in [0.1, 0.15) is 0 Å². The van der Waals surface area contributed by atoms with Crippen molar-refractivity contribution in [3.63, 3.8) is 0 Å². The van der Waals surface area contributed by atoms with Crippen LogP contribution in [0.1, 0.15) is 6.42 Å². The second-order valence-electron chi connectivity index (χ2n) is 1.48. The van der Waals surface area contributed by atoms with Gasteiger partial charge in [0.2, 0.25) is 0 Å². The fourth-order valence-corrected chi connectivity index (χ4v) is 0.352. The highest BCUT2D eigenvalue weighted by atomic mass is 16.5. The zero-order valence-corrected chi connectivity index (χ0v) is 5.10. The third kappa shape index (κ3) is 5.66. The van der Waals surface area contributed by atoms with Crippen LogP contribution in [-0.2, 0) is 4.74 Å². The summed E-state index contributed by atoms with van der Waals surface area (Å²) in [6, 6.07) is 0. The van der Waals surface area contributed by atoms with E-state index in [0.717, 1.165) is 13.0 Å². The lowest BCUT2D eigenvalue weighted by atomic mass is 10.5. The van der Waals surface area contributed by atoms with Gasteiger partial charge in [-0.3, -0.25) is 0 Å². The Morgan fingerprint density at radius 1 is 1.50 bits per heavy atom. The fourth-order valence-electron chi connectivity index (χ4n) is 0.352. The van der Waals surface area contributed by atoms with E-state index in [9.17, 15) is 0 Å². The normalized spacial score (nSPS) is 9.12. The first-order valence-corrected chi connectivity index (χ1v) is 2.80. The van der Waals surface area contributed by atoms with E-state index in [0.29, 0.717) is 13.2 Å². The van der Waals surface area contributed by atoms with Gasteiger partial charge >= 0.3 is 0 Å². The second kappa shape index (κ2) is 6.66. The standard InChI is InChI=1S/C6H13NO/c1-2-3-5-8-6-4-7/h2H,1,3-7H2. The van der Waals surface area contributed by atoms with Gasteiger partial charge in [-0.25, -0.2) is 0 Å². The first kappa shape index (κ1) is 7.66. The lowest BCUT2D eigenvalue weighted by Gasteiger charge is -1.96. The summed E-state index contributed by atoms with van der Waals surface area (Å²) in [4.78, 5) is 0. The average Bonchev–Trinajstić information content (AvgIpc) is 1.81. The zero-order chi connectivity index (χ0) is 6.24. The minimum Gasteiger partial charge on any atom is -0.380 e. The Kier molecular flexibility index (Phi) is 6.38. The van der Waals surface area contributed by atoms with E-state index in [1.807, 2.05) is 6.08 Å². The van der Waals surface area contributed by atoms with Gasteiger partial charge in [0.15, 0.2) is 0 Å². The molecule has 2 heteroatoms. The summed E-state index contributed by atoms with van der Waals surface area (Å²) in [5.41, 5.74) is 5.16. The van der Waals surface area contributed by atoms with E-state index in [4.69, 9.17) is 10.5 Å². The van der Waals surface area contributed by atoms with Gasteiger partial charge in [-0.2, -0.15) is 0 Å². The van der Waals surface area contributed by atoms with E-state index in [2.05, 4.69) is 6.58 Å². The molecule has 8 heavy (non-hydrogen) atoms. The topological polar surface area (TPSA) is 35.2 Å². The van der Waals surface area contributed by atoms with E-state index in [1.54, 1.807) is 0 Å². The Bertz CT molecular complexity index is 54.5. The lowest BCUT2D eigenvalue weighted by Crippen LogP contribution is -2.08. The molecule has 2 nitrogen and oxygen atoms in total. The maximum absolute atomic E-state index is 5.16. The smallest absolute Gasteiger partial charge is 0.0588 e. The van der Waals surface area contributed by atoms with Crippen LogP contribution >= 0.6 is 0 Å². The Hall–Kier alpha value is -0.340. The third-order valence-electron chi connectivity index (χ3n) is 0.729. The molecule has 0 spiro atoms. The first-order chi connectivity index (χ1) is 3.91. The number of nitrogens with two attached hydrogens (primary N) is 1. The summed E-state index contributed by atoms with van der Waals surface area (Å²) >= 11 is 0. The molecule has 0 saturated carbocycles. The zero-order valence-electron chi connectivity index (χ0n) is 5.10. The molecule has 0 aromatic heterocycles. The van der Waals surface area contributed by atoms with Crippen molar-refractivity contribution in [3.8, 4) is 0 Å². The fraction of sp³-hybridized carbons (Fsp3) is 0.667. The minimum absolute atomic E-state index is 0.608. The highest BCUT2D eigenvalue weighted by molar-refractivity contribution is 4.64. The molecule has 0 amide bonds. The second-order valence-corrected chi connectivity index (χ2v) is 1.48. The summed E-state index contributed by atoms with van der Waals surface area (Å²) < 4.78 is 5.03. The summed E-state index contributed by atoms with van der Waals surface area (Å²) in [6.45, 7) is 5.57. The van der Waals surface area contributed by atoms with Gasteiger partial charge in [0, 0.05) is 6.54 Å². The molecule has 0 rings (SSSR count). The maximum atomic E-state index is 5.16. The van der Waals surface area contributed by atoms with Crippen LogP contribution in [0.2, 0.25) is 0 Å². The van der Waals surface area contributed by atoms with Gasteiger partial charge in [-0.05, 0) is 6.42 Å². The molecule has 0 fully saturated rings. The molecule has 0 aliphatic carbocycles. The largest absolute Gasteiger partial charge is 0.380 e. The van der Waals surface area contributed by atoms with Gasteiger partial charge in [-0.1, -0.05) is 6.08 Å². The van der Waals surface area contributed by atoms with Crippen molar-refractivity contribution >= 4 is 0 Å². The van der Waals surface area contributed by atoms with Crippen molar-refractivity contribution in [1.82, 2.24) is 0 Å². The molecule has 0 saturated heterocycles. The Morgan fingerprint density at radius 2 is 2.25 bits per heavy atom. The van der Waals surface area contributed by atoms with Crippen LogP contribution in [0.25, 0.3) is 0 Å². The third-order valence-corrected chi connectivity index (χ3v) is 0.729.